The molecule has 0 N–H and O–H groups in total. The van der Waals surface area contributed by atoms with E-state index in [0.29, 0.717) is 11.1 Å². The summed E-state index contributed by atoms with van der Waals surface area (Å²) in [6.45, 7) is 20.4. The van der Waals surface area contributed by atoms with Gasteiger partial charge in [-0.2, -0.15) is 0 Å². The molecular weight excluding hydrogens is 865 g/mol. The van der Waals surface area contributed by atoms with E-state index in [-0.39, 0.29) is 23.3 Å². The minimum absolute atomic E-state index is 0.104. The number of benzene rings is 6. The van der Waals surface area contributed by atoms with Crippen LogP contribution in [0.15, 0.2) is 182 Å². The standard InChI is InChI=1S/C60H80O2Si4/c1-9-11-13-33-47-57(63(5,6)51-35-21-15-22-36-51)59-49(3)61-66(55-43-29-19-30-44-55,56-45-31-20-32-46-56)60(58(48-34-14-12-10-2)64(7,8)52-37-23-16-24-38-52)50(4)62-65(59,53-39-25-17-26-40-53)54-41-27-18-28-42-54/h15-32,35-46,49-50,57-60H,9-14,33-34,47-48H2,1-8H3/t49-,50-,57-,58-,59+,60+/m1/s1. The van der Waals surface area contributed by atoms with Crippen LogP contribution in [-0.4, -0.2) is 45.0 Å². The normalized spacial score (nSPS) is 20.7. The summed E-state index contributed by atoms with van der Waals surface area (Å²) in [5.74, 6) is 0. The van der Waals surface area contributed by atoms with E-state index < -0.39 is 32.8 Å². The molecule has 348 valence electrons. The summed E-state index contributed by atoms with van der Waals surface area (Å²) in [6, 6.07) is 69.9. The average molecular weight is 946 g/mol. The van der Waals surface area contributed by atoms with Gasteiger partial charge in [0.05, 0.1) is 16.1 Å². The lowest BCUT2D eigenvalue weighted by atomic mass is 10.1. The topological polar surface area (TPSA) is 18.5 Å². The zero-order valence-corrected chi connectivity index (χ0v) is 45.7. The van der Waals surface area contributed by atoms with E-state index in [1.165, 1.54) is 95.3 Å². The van der Waals surface area contributed by atoms with Gasteiger partial charge in [0.25, 0.3) is 16.6 Å². The van der Waals surface area contributed by atoms with Gasteiger partial charge in [0.2, 0.25) is 0 Å². The molecule has 0 unspecified atom stereocenters. The Bertz CT molecular complexity index is 2060. The molecule has 0 saturated carbocycles. The van der Waals surface area contributed by atoms with Gasteiger partial charge in [0.15, 0.2) is 0 Å². The van der Waals surface area contributed by atoms with Crippen molar-refractivity contribution in [2.24, 2.45) is 0 Å². The van der Waals surface area contributed by atoms with Crippen molar-refractivity contribution in [3.05, 3.63) is 182 Å². The fourth-order valence-electron chi connectivity index (χ4n) is 12.6. The highest BCUT2D eigenvalue weighted by Crippen LogP contribution is 2.55. The molecule has 0 aromatic heterocycles. The number of unbranched alkanes of at least 4 members (excludes halogenated alkanes) is 6. The van der Waals surface area contributed by atoms with Gasteiger partial charge in [-0.3, -0.25) is 0 Å². The third-order valence-electron chi connectivity index (χ3n) is 16.0. The molecule has 1 fully saturated rings. The lowest BCUT2D eigenvalue weighted by molar-refractivity contribution is 0.120. The molecule has 1 heterocycles. The summed E-state index contributed by atoms with van der Waals surface area (Å²) in [4.78, 5) is 0. The molecule has 6 aromatic carbocycles. The van der Waals surface area contributed by atoms with Crippen LogP contribution in [0, 0.1) is 0 Å². The van der Waals surface area contributed by atoms with Crippen LogP contribution in [-0.2, 0) is 8.85 Å². The number of rotatable bonds is 20. The van der Waals surface area contributed by atoms with Gasteiger partial charge in [-0.15, -0.1) is 0 Å². The highest BCUT2D eigenvalue weighted by molar-refractivity contribution is 7.03. The van der Waals surface area contributed by atoms with Crippen molar-refractivity contribution in [1.29, 1.82) is 0 Å². The maximum Gasteiger partial charge on any atom is 0.261 e. The molecule has 0 bridgehead atoms. The molecule has 0 radical (unpaired) electrons. The van der Waals surface area contributed by atoms with Crippen LogP contribution in [0.25, 0.3) is 0 Å². The minimum atomic E-state index is -3.23. The maximum absolute atomic E-state index is 8.86. The van der Waals surface area contributed by atoms with Gasteiger partial charge >= 0.3 is 0 Å². The molecule has 1 aliphatic rings. The summed E-state index contributed by atoms with van der Waals surface area (Å²) < 4.78 is 17.7. The quantitative estimate of drug-likeness (QED) is 0.0561. The van der Waals surface area contributed by atoms with Crippen molar-refractivity contribution < 1.29 is 8.85 Å². The average Bonchev–Trinajstić information content (AvgIpc) is 3.36. The monoisotopic (exact) mass is 945 g/mol. The predicted molar refractivity (Wildman–Crippen MR) is 297 cm³/mol. The number of hydrogen-bond donors (Lipinski definition) is 0. The first-order valence-corrected chi connectivity index (χ1v) is 35.8. The van der Waals surface area contributed by atoms with E-state index in [4.69, 9.17) is 8.85 Å². The first-order valence-electron chi connectivity index (χ1n) is 25.7. The highest BCUT2D eigenvalue weighted by Gasteiger charge is 2.64. The zero-order valence-electron chi connectivity index (χ0n) is 41.7. The predicted octanol–water partition coefficient (Wildman–Crippen LogP) is 13.0. The Hall–Kier alpha value is -3.89. The summed E-state index contributed by atoms with van der Waals surface area (Å²) in [5.41, 5.74) is 1.05. The molecule has 7 rings (SSSR count). The Kier molecular flexibility index (Phi) is 17.4. The van der Waals surface area contributed by atoms with Gasteiger partial charge in [-0.1, -0.05) is 297 Å². The second kappa shape index (κ2) is 22.9. The molecule has 6 aromatic rings. The molecular formula is C60H80O2Si4. The largest absolute Gasteiger partial charge is 0.405 e. The first-order chi connectivity index (χ1) is 32.0. The highest BCUT2D eigenvalue weighted by atomic mass is 28.4. The Morgan fingerprint density at radius 1 is 0.379 bits per heavy atom. The van der Waals surface area contributed by atoms with Crippen LogP contribution >= 0.6 is 0 Å². The Morgan fingerprint density at radius 3 is 0.894 bits per heavy atom. The first kappa shape index (κ1) is 50.0. The van der Waals surface area contributed by atoms with Crippen molar-refractivity contribution in [3.63, 3.8) is 0 Å². The Labute approximate surface area is 404 Å². The van der Waals surface area contributed by atoms with E-state index in [1.54, 1.807) is 0 Å². The van der Waals surface area contributed by atoms with E-state index in [0.717, 1.165) is 0 Å². The lowest BCUT2D eigenvalue weighted by Gasteiger charge is -2.58. The van der Waals surface area contributed by atoms with Crippen molar-refractivity contribution in [3.8, 4) is 0 Å². The molecule has 6 atom stereocenters. The molecule has 0 spiro atoms. The maximum atomic E-state index is 8.86. The lowest BCUT2D eigenvalue weighted by Crippen LogP contribution is -2.77. The van der Waals surface area contributed by atoms with E-state index in [2.05, 4.69) is 236 Å². The van der Waals surface area contributed by atoms with Crippen molar-refractivity contribution in [2.75, 3.05) is 0 Å². The second-order valence-corrected chi connectivity index (χ2v) is 37.3. The molecule has 1 saturated heterocycles. The molecule has 6 heteroatoms. The second-order valence-electron chi connectivity index (χ2n) is 20.7. The Balaban J connectivity index is 1.60. The van der Waals surface area contributed by atoms with Crippen LogP contribution in [0.2, 0.25) is 48.4 Å². The minimum Gasteiger partial charge on any atom is -0.405 e. The SMILES string of the molecule is CCCCCC[C@H]([C@@H]1[C@@H](C)O[Si](c2ccccc2)(c2ccccc2)[C@H]([C@@H](CCCCCC)[Si](C)(C)c2ccccc2)[C@@H](C)O[Si]1(c1ccccc1)c1ccccc1)[Si](C)(C)c1ccccc1. The third-order valence-corrected chi connectivity index (χ3v) is 35.2. The summed E-state index contributed by atoms with van der Waals surface area (Å²) >= 11 is 0. The Morgan fingerprint density at radius 2 is 0.636 bits per heavy atom. The third kappa shape index (κ3) is 10.4. The smallest absolute Gasteiger partial charge is 0.261 e. The van der Waals surface area contributed by atoms with Crippen molar-refractivity contribution >= 4 is 63.9 Å². The molecule has 0 aliphatic carbocycles. The van der Waals surface area contributed by atoms with Crippen molar-refractivity contribution in [1.82, 2.24) is 0 Å². The van der Waals surface area contributed by atoms with Gasteiger partial charge in [-0.05, 0) is 45.7 Å². The number of hydrogen-bond acceptors (Lipinski definition) is 2. The van der Waals surface area contributed by atoms with Crippen LogP contribution in [0.1, 0.15) is 91.9 Å². The van der Waals surface area contributed by atoms with Crippen LogP contribution in [0.5, 0.6) is 0 Å². The van der Waals surface area contributed by atoms with E-state index >= 15 is 0 Å². The summed E-state index contributed by atoms with van der Waals surface area (Å²) in [5, 5.41) is 8.59. The molecule has 2 nitrogen and oxygen atoms in total. The van der Waals surface area contributed by atoms with Crippen LogP contribution in [0.4, 0.5) is 0 Å². The van der Waals surface area contributed by atoms with E-state index in [9.17, 15) is 0 Å². The molecule has 1 aliphatic heterocycles. The van der Waals surface area contributed by atoms with Gasteiger partial charge in [0, 0.05) is 23.3 Å². The van der Waals surface area contributed by atoms with Gasteiger partial charge < -0.3 is 8.85 Å². The summed E-state index contributed by atoms with van der Waals surface area (Å²) in [6.07, 6.45) is 12.1. The van der Waals surface area contributed by atoms with Crippen molar-refractivity contribution in [2.45, 2.75) is 152 Å². The van der Waals surface area contributed by atoms with Crippen LogP contribution in [0.3, 0.4) is 0 Å². The molecule has 0 amide bonds. The van der Waals surface area contributed by atoms with E-state index in [1.807, 2.05) is 0 Å². The fraction of sp³-hybridized carbons (Fsp3) is 0.400. The summed E-state index contributed by atoms with van der Waals surface area (Å²) in [7, 11) is -11.0. The molecule has 66 heavy (non-hydrogen) atoms. The van der Waals surface area contributed by atoms with Crippen LogP contribution < -0.4 is 31.1 Å². The zero-order chi connectivity index (χ0) is 46.6. The van der Waals surface area contributed by atoms with Gasteiger partial charge in [0.1, 0.15) is 0 Å². The van der Waals surface area contributed by atoms with Gasteiger partial charge in [-0.25, -0.2) is 0 Å². The fourth-order valence-corrected chi connectivity index (χ4v) is 34.2.